The van der Waals surface area contributed by atoms with Crippen LogP contribution in [0.15, 0.2) is 54.6 Å². The maximum atomic E-state index is 13.3. The fraction of sp³-hybridized carbons (Fsp3) is 0.118. The first kappa shape index (κ1) is 13.4. The van der Waals surface area contributed by atoms with Gasteiger partial charge in [0.05, 0.1) is 24.9 Å². The SMILES string of the molecule is COc1cc(NCc2ccc3ccccc3n2)ccc1F. The molecule has 0 aliphatic rings. The van der Waals surface area contributed by atoms with Crippen LogP contribution in [0.5, 0.6) is 5.75 Å². The molecular formula is C17H15FN2O. The summed E-state index contributed by atoms with van der Waals surface area (Å²) in [7, 11) is 1.45. The van der Waals surface area contributed by atoms with Gasteiger partial charge in [0.15, 0.2) is 11.6 Å². The molecule has 0 spiro atoms. The van der Waals surface area contributed by atoms with E-state index in [1.54, 1.807) is 12.1 Å². The lowest BCUT2D eigenvalue weighted by Crippen LogP contribution is -2.02. The quantitative estimate of drug-likeness (QED) is 0.785. The van der Waals surface area contributed by atoms with Gasteiger partial charge in [-0.05, 0) is 24.3 Å². The zero-order valence-electron chi connectivity index (χ0n) is 11.6. The number of nitrogens with zero attached hydrogens (tertiary/aromatic N) is 1. The Morgan fingerprint density at radius 1 is 1.10 bits per heavy atom. The van der Waals surface area contributed by atoms with Crippen LogP contribution < -0.4 is 10.1 Å². The third-order valence-electron chi connectivity index (χ3n) is 3.28. The Kier molecular flexibility index (Phi) is 3.69. The van der Waals surface area contributed by atoms with Crippen molar-refractivity contribution < 1.29 is 9.13 Å². The lowest BCUT2D eigenvalue weighted by molar-refractivity contribution is 0.387. The Balaban J connectivity index is 1.76. The molecule has 0 aliphatic heterocycles. The van der Waals surface area contributed by atoms with E-state index in [9.17, 15) is 4.39 Å². The Morgan fingerprint density at radius 2 is 1.95 bits per heavy atom. The summed E-state index contributed by atoms with van der Waals surface area (Å²) in [4.78, 5) is 4.58. The molecule has 1 heterocycles. The summed E-state index contributed by atoms with van der Waals surface area (Å²) < 4.78 is 18.3. The maximum Gasteiger partial charge on any atom is 0.165 e. The van der Waals surface area contributed by atoms with Crippen molar-refractivity contribution in [1.82, 2.24) is 4.98 Å². The Hall–Kier alpha value is -2.62. The van der Waals surface area contributed by atoms with Gasteiger partial charge in [-0.3, -0.25) is 4.98 Å². The minimum absolute atomic E-state index is 0.228. The van der Waals surface area contributed by atoms with Crippen LogP contribution in [0.4, 0.5) is 10.1 Å². The fourth-order valence-corrected chi connectivity index (χ4v) is 2.17. The van der Waals surface area contributed by atoms with Crippen molar-refractivity contribution >= 4 is 16.6 Å². The molecule has 0 aliphatic carbocycles. The largest absolute Gasteiger partial charge is 0.494 e. The number of pyridine rings is 1. The van der Waals surface area contributed by atoms with Crippen LogP contribution >= 0.6 is 0 Å². The zero-order chi connectivity index (χ0) is 14.7. The second-order valence-electron chi connectivity index (χ2n) is 4.70. The molecule has 0 amide bonds. The number of aromatic nitrogens is 1. The lowest BCUT2D eigenvalue weighted by Gasteiger charge is -2.09. The minimum Gasteiger partial charge on any atom is -0.494 e. The third kappa shape index (κ3) is 2.94. The number of ether oxygens (including phenoxy) is 1. The molecule has 21 heavy (non-hydrogen) atoms. The van der Waals surface area contributed by atoms with Crippen molar-refractivity contribution in [3.8, 4) is 5.75 Å². The average Bonchev–Trinajstić information content (AvgIpc) is 2.54. The van der Waals surface area contributed by atoms with E-state index in [4.69, 9.17) is 4.74 Å². The highest BCUT2D eigenvalue weighted by Crippen LogP contribution is 2.22. The fourth-order valence-electron chi connectivity index (χ4n) is 2.17. The smallest absolute Gasteiger partial charge is 0.165 e. The number of hydrogen-bond donors (Lipinski definition) is 1. The Morgan fingerprint density at radius 3 is 2.81 bits per heavy atom. The van der Waals surface area contributed by atoms with E-state index in [-0.39, 0.29) is 11.6 Å². The molecule has 3 nitrogen and oxygen atoms in total. The van der Waals surface area contributed by atoms with Crippen LogP contribution in [-0.2, 0) is 6.54 Å². The summed E-state index contributed by atoms with van der Waals surface area (Å²) in [6, 6.07) is 16.7. The number of fused-ring (bicyclic) bond motifs is 1. The highest BCUT2D eigenvalue weighted by Gasteiger charge is 2.04. The van der Waals surface area contributed by atoms with Gasteiger partial charge >= 0.3 is 0 Å². The number of methoxy groups -OCH3 is 1. The summed E-state index contributed by atoms with van der Waals surface area (Å²) in [6.07, 6.45) is 0. The summed E-state index contributed by atoms with van der Waals surface area (Å²) in [5, 5.41) is 4.33. The highest BCUT2D eigenvalue weighted by atomic mass is 19.1. The monoisotopic (exact) mass is 282 g/mol. The predicted molar refractivity (Wildman–Crippen MR) is 82.0 cm³/mol. The maximum absolute atomic E-state index is 13.3. The molecule has 2 aromatic carbocycles. The number of anilines is 1. The van der Waals surface area contributed by atoms with Crippen LogP contribution in [0.3, 0.4) is 0 Å². The van der Waals surface area contributed by atoms with Crippen molar-refractivity contribution in [2.45, 2.75) is 6.54 Å². The van der Waals surface area contributed by atoms with Crippen molar-refractivity contribution in [1.29, 1.82) is 0 Å². The number of para-hydroxylation sites is 1. The third-order valence-corrected chi connectivity index (χ3v) is 3.28. The first-order valence-corrected chi connectivity index (χ1v) is 6.68. The predicted octanol–water partition coefficient (Wildman–Crippen LogP) is 3.99. The number of benzene rings is 2. The van der Waals surface area contributed by atoms with Crippen LogP contribution in [0.2, 0.25) is 0 Å². The van der Waals surface area contributed by atoms with Gasteiger partial charge in [0.1, 0.15) is 0 Å². The van der Waals surface area contributed by atoms with Gasteiger partial charge < -0.3 is 10.1 Å². The van der Waals surface area contributed by atoms with Gasteiger partial charge in [-0.15, -0.1) is 0 Å². The topological polar surface area (TPSA) is 34.1 Å². The minimum atomic E-state index is -0.369. The molecule has 0 saturated carbocycles. The van der Waals surface area contributed by atoms with E-state index in [2.05, 4.69) is 10.3 Å². The molecule has 0 atom stereocenters. The molecule has 1 N–H and O–H groups in total. The molecule has 0 bridgehead atoms. The van der Waals surface area contributed by atoms with Crippen molar-refractivity contribution in [3.05, 3.63) is 66.1 Å². The number of hydrogen-bond acceptors (Lipinski definition) is 3. The first-order chi connectivity index (χ1) is 10.3. The molecule has 4 heteroatoms. The molecule has 1 aromatic heterocycles. The lowest BCUT2D eigenvalue weighted by atomic mass is 10.2. The normalized spacial score (nSPS) is 10.6. The Bertz CT molecular complexity index is 774. The molecule has 0 unspecified atom stereocenters. The van der Waals surface area contributed by atoms with Crippen molar-refractivity contribution in [2.24, 2.45) is 0 Å². The number of nitrogens with one attached hydrogen (secondary N) is 1. The van der Waals surface area contributed by atoms with Crippen molar-refractivity contribution in [3.63, 3.8) is 0 Å². The van der Waals surface area contributed by atoms with Gasteiger partial charge in [-0.2, -0.15) is 0 Å². The van der Waals surface area contributed by atoms with E-state index < -0.39 is 0 Å². The second-order valence-corrected chi connectivity index (χ2v) is 4.70. The van der Waals surface area contributed by atoms with Crippen LogP contribution in [0.25, 0.3) is 10.9 Å². The standard InChI is InChI=1S/C17H15FN2O/c1-21-17-10-13(8-9-15(17)18)19-11-14-7-6-12-4-2-3-5-16(12)20-14/h2-10,19H,11H2,1H3. The first-order valence-electron chi connectivity index (χ1n) is 6.68. The van der Waals surface area contributed by atoms with Gasteiger partial charge in [0.25, 0.3) is 0 Å². The van der Waals surface area contributed by atoms with E-state index in [1.165, 1.54) is 13.2 Å². The van der Waals surface area contributed by atoms with Gasteiger partial charge in [0.2, 0.25) is 0 Å². The van der Waals surface area contributed by atoms with Crippen LogP contribution in [0, 0.1) is 5.82 Å². The molecule has 3 aromatic rings. The van der Waals surface area contributed by atoms with Crippen LogP contribution in [-0.4, -0.2) is 12.1 Å². The average molecular weight is 282 g/mol. The van der Waals surface area contributed by atoms with E-state index in [1.807, 2.05) is 36.4 Å². The van der Waals surface area contributed by atoms with E-state index >= 15 is 0 Å². The van der Waals surface area contributed by atoms with Gasteiger partial charge in [-0.1, -0.05) is 24.3 Å². The highest BCUT2D eigenvalue weighted by molar-refractivity contribution is 5.78. The molecule has 0 radical (unpaired) electrons. The summed E-state index contributed by atoms with van der Waals surface area (Å²) in [5.41, 5.74) is 2.69. The molecule has 106 valence electrons. The molecular weight excluding hydrogens is 267 g/mol. The number of halogens is 1. The van der Waals surface area contributed by atoms with Crippen LogP contribution in [0.1, 0.15) is 5.69 Å². The summed E-state index contributed by atoms with van der Waals surface area (Å²) in [5.74, 6) is -0.140. The summed E-state index contributed by atoms with van der Waals surface area (Å²) >= 11 is 0. The zero-order valence-corrected chi connectivity index (χ0v) is 11.6. The molecule has 3 rings (SSSR count). The van der Waals surface area contributed by atoms with Gasteiger partial charge in [-0.25, -0.2) is 4.39 Å². The van der Waals surface area contributed by atoms with Crippen molar-refractivity contribution in [2.75, 3.05) is 12.4 Å². The molecule has 0 fully saturated rings. The Labute approximate surface area is 122 Å². The second kappa shape index (κ2) is 5.79. The number of rotatable bonds is 4. The van der Waals surface area contributed by atoms with E-state index in [0.29, 0.717) is 6.54 Å². The van der Waals surface area contributed by atoms with Gasteiger partial charge in [0, 0.05) is 17.1 Å². The molecule has 0 saturated heterocycles. The summed E-state index contributed by atoms with van der Waals surface area (Å²) in [6.45, 7) is 0.569. The van der Waals surface area contributed by atoms with E-state index in [0.717, 1.165) is 22.3 Å².